The first-order valence-electron chi connectivity index (χ1n) is 6.92. The summed E-state index contributed by atoms with van der Waals surface area (Å²) in [5.74, 6) is 5.51. The fourth-order valence-corrected chi connectivity index (χ4v) is 3.38. The van der Waals surface area contributed by atoms with Crippen molar-refractivity contribution in [3.63, 3.8) is 0 Å². The minimum Gasteiger partial charge on any atom is -0.289 e. The molecule has 6 nitrogen and oxygen atoms in total. The first-order chi connectivity index (χ1) is 10.3. The highest BCUT2D eigenvalue weighted by atomic mass is 32.2. The van der Waals surface area contributed by atoms with Gasteiger partial charge in [0.2, 0.25) is 0 Å². The number of carbonyl (C=O) groups excluding carboxylic acids is 1. The lowest BCUT2D eigenvalue weighted by Crippen LogP contribution is -2.30. The molecule has 1 aromatic heterocycles. The van der Waals surface area contributed by atoms with E-state index in [-0.39, 0.29) is 5.69 Å². The first-order valence-corrected chi connectivity index (χ1v) is 7.90. The van der Waals surface area contributed by atoms with Gasteiger partial charge in [0.1, 0.15) is 0 Å². The maximum atomic E-state index is 11.3. The monoisotopic (exact) mass is 303 g/mol. The van der Waals surface area contributed by atoms with Crippen LogP contribution >= 0.6 is 11.8 Å². The van der Waals surface area contributed by atoms with Crippen molar-refractivity contribution in [3.05, 3.63) is 41.2 Å². The predicted octanol–water partition coefficient (Wildman–Crippen LogP) is 1.16. The number of benzene rings is 1. The van der Waals surface area contributed by atoms with Gasteiger partial charge in [-0.05, 0) is 42.5 Å². The zero-order valence-electron chi connectivity index (χ0n) is 11.6. The van der Waals surface area contributed by atoms with Gasteiger partial charge in [0.05, 0.1) is 12.7 Å². The summed E-state index contributed by atoms with van der Waals surface area (Å²) in [4.78, 5) is 12.6. The number of rotatable bonds is 5. The molecule has 0 aliphatic heterocycles. The molecule has 1 aliphatic carbocycles. The molecule has 1 heterocycles. The van der Waals surface area contributed by atoms with Gasteiger partial charge in [-0.1, -0.05) is 11.3 Å². The van der Waals surface area contributed by atoms with Crippen LogP contribution in [0, 0.1) is 0 Å². The average Bonchev–Trinajstić information content (AvgIpc) is 3.14. The van der Waals surface area contributed by atoms with Crippen LogP contribution in [0.25, 0.3) is 0 Å². The van der Waals surface area contributed by atoms with Gasteiger partial charge >= 0.3 is 0 Å². The van der Waals surface area contributed by atoms with Gasteiger partial charge in [0.15, 0.2) is 5.69 Å². The number of thioether (sulfide) groups is 1. The molecule has 0 atom stereocenters. The third-order valence-electron chi connectivity index (χ3n) is 3.56. The van der Waals surface area contributed by atoms with Crippen LogP contribution in [-0.2, 0) is 19.4 Å². The van der Waals surface area contributed by atoms with Crippen molar-refractivity contribution in [3.8, 4) is 0 Å². The summed E-state index contributed by atoms with van der Waals surface area (Å²) in [6.45, 7) is 0.701. The van der Waals surface area contributed by atoms with Crippen LogP contribution in [0.15, 0.2) is 29.3 Å². The van der Waals surface area contributed by atoms with E-state index < -0.39 is 5.91 Å². The topological polar surface area (TPSA) is 85.8 Å². The van der Waals surface area contributed by atoms with Gasteiger partial charge in [-0.2, -0.15) is 0 Å². The largest absolute Gasteiger partial charge is 0.289 e. The Morgan fingerprint density at radius 1 is 1.38 bits per heavy atom. The Hall–Kier alpha value is -1.86. The van der Waals surface area contributed by atoms with Crippen LogP contribution in [0.3, 0.4) is 0 Å². The van der Waals surface area contributed by atoms with Crippen LogP contribution < -0.4 is 11.3 Å². The van der Waals surface area contributed by atoms with E-state index in [4.69, 9.17) is 5.84 Å². The molecule has 1 amide bonds. The Morgan fingerprint density at radius 2 is 2.24 bits per heavy atom. The first kappa shape index (κ1) is 14.1. The minimum absolute atomic E-state index is 0.236. The number of fused-ring (bicyclic) bond motifs is 1. The van der Waals surface area contributed by atoms with Crippen molar-refractivity contribution in [1.82, 2.24) is 20.4 Å². The lowest BCUT2D eigenvalue weighted by molar-refractivity contribution is 0.0948. The molecular formula is C14H17N5OS. The van der Waals surface area contributed by atoms with Crippen LogP contribution in [0.2, 0.25) is 0 Å². The Morgan fingerprint density at radius 3 is 3.10 bits per heavy atom. The normalized spacial score (nSPS) is 13.2. The quantitative estimate of drug-likeness (QED) is 0.375. The highest BCUT2D eigenvalue weighted by molar-refractivity contribution is 7.99. The highest BCUT2D eigenvalue weighted by Crippen LogP contribution is 2.27. The molecule has 0 radical (unpaired) electrons. The summed E-state index contributed by atoms with van der Waals surface area (Å²) in [6, 6.07) is 6.72. The van der Waals surface area contributed by atoms with E-state index in [1.165, 1.54) is 35.3 Å². The Labute approximate surface area is 127 Å². The summed E-state index contributed by atoms with van der Waals surface area (Å²) < 4.78 is 1.66. The van der Waals surface area contributed by atoms with Gasteiger partial charge in [-0.25, -0.2) is 5.84 Å². The van der Waals surface area contributed by atoms with Crippen LogP contribution in [-0.4, -0.2) is 26.7 Å². The number of aryl methyl sites for hydroxylation is 3. The van der Waals surface area contributed by atoms with E-state index in [0.29, 0.717) is 6.54 Å². The lowest BCUT2D eigenvalue weighted by Gasteiger charge is -2.04. The van der Waals surface area contributed by atoms with Gasteiger partial charge in [-0.3, -0.25) is 14.9 Å². The molecule has 1 aromatic carbocycles. The average molecular weight is 303 g/mol. The number of nitrogens with zero attached hydrogens (tertiary/aromatic N) is 3. The van der Waals surface area contributed by atoms with E-state index in [2.05, 4.69) is 28.5 Å². The smallest absolute Gasteiger partial charge is 0.287 e. The van der Waals surface area contributed by atoms with Crippen molar-refractivity contribution in [1.29, 1.82) is 0 Å². The molecule has 21 heavy (non-hydrogen) atoms. The minimum atomic E-state index is -0.424. The van der Waals surface area contributed by atoms with E-state index >= 15 is 0 Å². The summed E-state index contributed by atoms with van der Waals surface area (Å²) in [5, 5.41) is 7.68. The van der Waals surface area contributed by atoms with Crippen molar-refractivity contribution >= 4 is 17.7 Å². The maximum absolute atomic E-state index is 11.3. The molecule has 0 bridgehead atoms. The summed E-state index contributed by atoms with van der Waals surface area (Å²) in [6.07, 6.45) is 5.29. The summed E-state index contributed by atoms with van der Waals surface area (Å²) in [7, 11) is 0. The zero-order chi connectivity index (χ0) is 14.7. The number of aromatic nitrogens is 3. The Balaban J connectivity index is 1.54. The Bertz CT molecular complexity index is 655. The zero-order valence-corrected chi connectivity index (χ0v) is 12.4. The van der Waals surface area contributed by atoms with Crippen molar-refractivity contribution < 1.29 is 4.79 Å². The number of nitrogens with one attached hydrogen (secondary N) is 1. The molecule has 3 rings (SSSR count). The molecular weight excluding hydrogens is 286 g/mol. The van der Waals surface area contributed by atoms with Gasteiger partial charge in [-0.15, -0.1) is 16.9 Å². The van der Waals surface area contributed by atoms with Crippen molar-refractivity contribution in [2.75, 3.05) is 5.75 Å². The number of hydrogen-bond donors (Lipinski definition) is 2. The molecule has 7 heteroatoms. The molecule has 0 spiro atoms. The fraction of sp³-hybridized carbons (Fsp3) is 0.357. The second-order valence-corrected chi connectivity index (χ2v) is 6.14. The Kier molecular flexibility index (Phi) is 4.21. The van der Waals surface area contributed by atoms with E-state index in [1.807, 2.05) is 5.43 Å². The number of amides is 1. The number of hydrogen-bond acceptors (Lipinski definition) is 5. The predicted molar refractivity (Wildman–Crippen MR) is 80.9 cm³/mol. The molecule has 0 saturated heterocycles. The molecule has 0 unspecified atom stereocenters. The number of carbonyl (C=O) groups is 1. The number of nitrogens with two attached hydrogens (primary N) is 1. The molecule has 1 aliphatic rings. The molecule has 2 aromatic rings. The second kappa shape index (κ2) is 6.28. The third-order valence-corrected chi connectivity index (χ3v) is 4.54. The van der Waals surface area contributed by atoms with E-state index in [9.17, 15) is 4.79 Å². The summed E-state index contributed by atoms with van der Waals surface area (Å²) in [5.41, 5.74) is 5.26. The van der Waals surface area contributed by atoms with Gasteiger partial charge < -0.3 is 0 Å². The second-order valence-electron chi connectivity index (χ2n) is 4.97. The van der Waals surface area contributed by atoms with E-state index in [1.54, 1.807) is 22.6 Å². The molecule has 0 saturated carbocycles. The van der Waals surface area contributed by atoms with Gasteiger partial charge in [0, 0.05) is 10.6 Å². The van der Waals surface area contributed by atoms with Crippen LogP contribution in [0.5, 0.6) is 0 Å². The standard InChI is InChI=1S/C14H17N5OS/c15-16-14(20)13-9-19(18-17-13)6-7-21-12-5-4-10-2-1-3-11(10)8-12/h4-5,8-9H,1-3,6-7,15H2,(H,16,20). The van der Waals surface area contributed by atoms with Gasteiger partial charge in [0.25, 0.3) is 5.91 Å². The highest BCUT2D eigenvalue weighted by Gasteiger charge is 2.11. The molecule has 3 N–H and O–H groups in total. The lowest BCUT2D eigenvalue weighted by atomic mass is 10.1. The maximum Gasteiger partial charge on any atom is 0.287 e. The van der Waals surface area contributed by atoms with Crippen LogP contribution in [0.1, 0.15) is 28.0 Å². The SMILES string of the molecule is NNC(=O)c1cn(CCSc2ccc3c(c2)CCC3)nn1. The van der Waals surface area contributed by atoms with Crippen molar-refractivity contribution in [2.45, 2.75) is 30.7 Å². The summed E-state index contributed by atoms with van der Waals surface area (Å²) >= 11 is 1.79. The van der Waals surface area contributed by atoms with Crippen molar-refractivity contribution in [2.24, 2.45) is 5.84 Å². The van der Waals surface area contributed by atoms with E-state index in [0.717, 1.165) is 5.75 Å². The fourth-order valence-electron chi connectivity index (χ4n) is 2.48. The molecule has 110 valence electrons. The third kappa shape index (κ3) is 3.25. The van der Waals surface area contributed by atoms with Crippen LogP contribution in [0.4, 0.5) is 0 Å². The number of hydrazine groups is 1. The molecule has 0 fully saturated rings. The number of nitrogen functional groups attached to an aromatic ring is 1.